The zero-order valence-corrected chi connectivity index (χ0v) is 39.8. The molecule has 0 aromatic rings. The Balaban J connectivity index is 0.000000187. The number of aliphatic hydroxyl groups excluding tert-OH is 5. The van der Waals surface area contributed by atoms with Crippen LogP contribution in [0.4, 0.5) is 0 Å². The van der Waals surface area contributed by atoms with Crippen molar-refractivity contribution in [2.24, 2.45) is 39.0 Å². The van der Waals surface area contributed by atoms with E-state index in [1.54, 1.807) is 0 Å². The van der Waals surface area contributed by atoms with Gasteiger partial charge in [0.2, 0.25) is 0 Å². The van der Waals surface area contributed by atoms with Gasteiger partial charge in [-0.05, 0) is 220 Å². The van der Waals surface area contributed by atoms with Crippen LogP contribution in [-0.4, -0.2) is 73.9 Å². The van der Waals surface area contributed by atoms with Crippen molar-refractivity contribution in [3.8, 4) is 0 Å². The Morgan fingerprint density at radius 1 is 0.417 bits per heavy atom. The maximum atomic E-state index is 10.6. The highest BCUT2D eigenvalue weighted by Crippen LogP contribution is 2.56. The molecule has 9 saturated carbocycles. The highest BCUT2D eigenvalue weighted by Gasteiger charge is 2.45. The zero-order valence-electron chi connectivity index (χ0n) is 39.8. The lowest BCUT2D eigenvalue weighted by Gasteiger charge is -2.32. The van der Waals surface area contributed by atoms with E-state index < -0.39 is 0 Å². The molecular formula is C52H98N2O6. The number of hydrogen-bond acceptors (Lipinski definition) is 8. The summed E-state index contributed by atoms with van der Waals surface area (Å²) in [5, 5.41) is 45.1. The quantitative estimate of drug-likeness (QED) is 0.118. The molecule has 2 spiro atoms. The van der Waals surface area contributed by atoms with Crippen LogP contribution in [-0.2, 0) is 4.79 Å². The fourth-order valence-electron chi connectivity index (χ4n) is 9.78. The first-order valence-electron chi connectivity index (χ1n) is 25.3. The summed E-state index contributed by atoms with van der Waals surface area (Å²) in [7, 11) is 0. The lowest BCUT2D eigenvalue weighted by Crippen LogP contribution is -2.30. The van der Waals surface area contributed by atoms with Crippen molar-refractivity contribution >= 4 is 5.78 Å². The van der Waals surface area contributed by atoms with Gasteiger partial charge in [-0.3, -0.25) is 4.79 Å². The second kappa shape index (κ2) is 26.2. The zero-order chi connectivity index (χ0) is 44.4. The summed E-state index contributed by atoms with van der Waals surface area (Å²) >= 11 is 0. The molecule has 0 bridgehead atoms. The van der Waals surface area contributed by atoms with Gasteiger partial charge in [-0.2, -0.15) is 0 Å². The van der Waals surface area contributed by atoms with Gasteiger partial charge in [-0.15, -0.1) is 0 Å². The van der Waals surface area contributed by atoms with Crippen LogP contribution in [0, 0.1) is 27.6 Å². The molecule has 0 heterocycles. The molecule has 0 aromatic carbocycles. The SMILES string of the molecule is C=C1CCC(O)CC1.CC1(C)CCC(N)CC1.CC1(C)CCC(O)CC1.CC1CCC(=O)CC1.NC1CCC2(CC1)CC2.OC1CCC(O)CC1.OC1CCC2(CC1)CC2. The van der Waals surface area contributed by atoms with E-state index in [4.69, 9.17) is 37.0 Å². The van der Waals surface area contributed by atoms with Crippen LogP contribution in [0.1, 0.15) is 240 Å². The summed E-state index contributed by atoms with van der Waals surface area (Å²) in [5.41, 5.74) is 15.5. The first-order chi connectivity index (χ1) is 28.2. The molecule has 0 saturated heterocycles. The van der Waals surface area contributed by atoms with E-state index in [2.05, 4.69) is 41.2 Å². The summed E-state index contributed by atoms with van der Waals surface area (Å²) in [5.74, 6) is 1.26. The van der Waals surface area contributed by atoms with Gasteiger partial charge in [-0.1, -0.05) is 46.8 Å². The van der Waals surface area contributed by atoms with E-state index in [1.807, 2.05) is 0 Å². The number of Topliss-reactive ketones (excluding diaryl/α,β-unsaturated/α-hetero) is 1. The standard InChI is InChI=1S/C8H15N.C8H17N.C8H14O.C8H16O.2C7H12O.C6H12O2/c9-7-1-3-8(4-2-7)5-6-8;1-8(2)5-3-7(9)4-6-8;9-7-1-3-8(4-2-7)5-6-8;1-8(2)5-3-7(9)4-6-8;2*1-6-2-4-7(8)5-3-6;7-5-1-2-6(8)4-3-5/h7H,1-6,9H2;7H,3-6,9H2,1-2H3;7,9H,1-6H2;7,9H,3-6H2,1-2H3;6H,2-5H2,1H3;7-8H,1-5H2;5-8H,1-4H2. The van der Waals surface area contributed by atoms with Gasteiger partial charge in [0.05, 0.1) is 30.5 Å². The van der Waals surface area contributed by atoms with E-state index in [-0.39, 0.29) is 30.5 Å². The molecular weight excluding hydrogens is 749 g/mol. The molecule has 9 rings (SSSR count). The predicted molar refractivity (Wildman–Crippen MR) is 249 cm³/mol. The molecule has 9 fully saturated rings. The summed E-state index contributed by atoms with van der Waals surface area (Å²) in [4.78, 5) is 10.6. The van der Waals surface area contributed by atoms with E-state index in [9.17, 15) is 4.79 Å². The predicted octanol–water partition coefficient (Wildman–Crippen LogP) is 10.8. The van der Waals surface area contributed by atoms with Crippen molar-refractivity contribution in [2.45, 2.75) is 283 Å². The molecule has 0 aliphatic heterocycles. The molecule has 9 N–H and O–H groups in total. The lowest BCUT2D eigenvalue weighted by atomic mass is 9.76. The smallest absolute Gasteiger partial charge is 0.132 e. The Hall–Kier alpha value is -0.870. The van der Waals surface area contributed by atoms with E-state index in [0.29, 0.717) is 28.7 Å². The van der Waals surface area contributed by atoms with Gasteiger partial charge in [0.15, 0.2) is 0 Å². The number of carbonyl (C=O) groups excluding carboxylic acids is 1. The van der Waals surface area contributed by atoms with Crippen LogP contribution >= 0.6 is 0 Å². The maximum absolute atomic E-state index is 10.6. The molecule has 60 heavy (non-hydrogen) atoms. The molecule has 352 valence electrons. The second-order valence-electron chi connectivity index (χ2n) is 23.1. The summed E-state index contributed by atoms with van der Waals surface area (Å²) in [6.07, 6.45) is 36.2. The average molecular weight is 847 g/mol. The normalized spacial score (nSPS) is 30.1. The lowest BCUT2D eigenvalue weighted by molar-refractivity contribution is -0.120. The van der Waals surface area contributed by atoms with Crippen LogP contribution < -0.4 is 11.5 Å². The Morgan fingerprint density at radius 3 is 1.00 bits per heavy atom. The molecule has 8 nitrogen and oxygen atoms in total. The fourth-order valence-corrected chi connectivity index (χ4v) is 9.78. The number of rotatable bonds is 0. The Kier molecular flexibility index (Phi) is 23.3. The number of hydrogen-bond donors (Lipinski definition) is 7. The van der Waals surface area contributed by atoms with E-state index in [0.717, 1.165) is 119 Å². The minimum atomic E-state index is -0.140. The van der Waals surface area contributed by atoms with Gasteiger partial charge >= 0.3 is 0 Å². The number of aliphatic hydroxyl groups is 5. The van der Waals surface area contributed by atoms with Gasteiger partial charge < -0.3 is 37.0 Å². The maximum Gasteiger partial charge on any atom is 0.132 e. The summed E-state index contributed by atoms with van der Waals surface area (Å²) in [6.45, 7) is 15.3. The first-order valence-corrected chi connectivity index (χ1v) is 25.3. The molecule has 8 heteroatoms. The third-order valence-corrected chi connectivity index (χ3v) is 15.9. The highest BCUT2D eigenvalue weighted by molar-refractivity contribution is 5.78. The van der Waals surface area contributed by atoms with Crippen LogP contribution in [0.3, 0.4) is 0 Å². The molecule has 0 aromatic heterocycles. The van der Waals surface area contributed by atoms with E-state index >= 15 is 0 Å². The van der Waals surface area contributed by atoms with Gasteiger partial charge in [0, 0.05) is 24.9 Å². The Labute approximate surface area is 368 Å². The fraction of sp³-hybridized carbons (Fsp3) is 0.942. The third-order valence-electron chi connectivity index (χ3n) is 15.9. The first kappa shape index (κ1) is 53.5. The Morgan fingerprint density at radius 2 is 0.700 bits per heavy atom. The molecule has 0 amide bonds. The van der Waals surface area contributed by atoms with Crippen LogP contribution in [0.5, 0.6) is 0 Å². The van der Waals surface area contributed by atoms with Crippen molar-refractivity contribution in [3.63, 3.8) is 0 Å². The summed E-state index contributed by atoms with van der Waals surface area (Å²) in [6, 6.07) is 1.04. The number of nitrogens with two attached hydrogens (primary N) is 2. The van der Waals surface area contributed by atoms with Gasteiger partial charge in [0.1, 0.15) is 5.78 Å². The molecule has 0 unspecified atom stereocenters. The minimum Gasteiger partial charge on any atom is -0.393 e. The van der Waals surface area contributed by atoms with Crippen molar-refractivity contribution in [1.29, 1.82) is 0 Å². The third kappa shape index (κ3) is 23.7. The largest absolute Gasteiger partial charge is 0.393 e. The average Bonchev–Trinajstić information content (AvgIpc) is 4.16. The number of allylic oxidation sites excluding steroid dienone is 1. The number of carbonyl (C=O) groups is 1. The van der Waals surface area contributed by atoms with Crippen LogP contribution in [0.25, 0.3) is 0 Å². The molecule has 9 aliphatic carbocycles. The molecule has 9 aliphatic rings. The monoisotopic (exact) mass is 847 g/mol. The Bertz CT molecular complexity index is 1020. The second-order valence-corrected chi connectivity index (χ2v) is 23.1. The molecule has 0 radical (unpaired) electrons. The minimum absolute atomic E-state index is 0.00183. The molecule has 0 atom stereocenters. The van der Waals surface area contributed by atoms with Crippen molar-refractivity contribution in [2.75, 3.05) is 0 Å². The topological polar surface area (TPSA) is 170 Å². The van der Waals surface area contributed by atoms with Crippen LogP contribution in [0.15, 0.2) is 12.2 Å². The van der Waals surface area contributed by atoms with Crippen molar-refractivity contribution in [3.05, 3.63) is 12.2 Å². The van der Waals surface area contributed by atoms with E-state index in [1.165, 1.54) is 108 Å². The van der Waals surface area contributed by atoms with Crippen LogP contribution in [0.2, 0.25) is 0 Å². The van der Waals surface area contributed by atoms with Gasteiger partial charge in [-0.25, -0.2) is 0 Å². The highest BCUT2D eigenvalue weighted by atomic mass is 16.3. The summed E-state index contributed by atoms with van der Waals surface area (Å²) < 4.78 is 0. The van der Waals surface area contributed by atoms with Crippen molar-refractivity contribution in [1.82, 2.24) is 0 Å². The van der Waals surface area contributed by atoms with Gasteiger partial charge in [0.25, 0.3) is 0 Å². The number of ketones is 1. The van der Waals surface area contributed by atoms with Crippen molar-refractivity contribution < 1.29 is 30.3 Å².